The Morgan fingerprint density at radius 1 is 1.03 bits per heavy atom. The van der Waals surface area contributed by atoms with Gasteiger partial charge in [-0.05, 0) is 86.3 Å². The van der Waals surface area contributed by atoms with Gasteiger partial charge in [0.25, 0.3) is 0 Å². The molecule has 4 saturated carbocycles. The van der Waals surface area contributed by atoms with Crippen molar-refractivity contribution >= 4 is 11.8 Å². The van der Waals surface area contributed by atoms with Crippen molar-refractivity contribution in [1.29, 1.82) is 0 Å². The van der Waals surface area contributed by atoms with Crippen molar-refractivity contribution in [3.8, 4) is 5.75 Å². The van der Waals surface area contributed by atoms with E-state index in [1.807, 2.05) is 38.1 Å². The molecule has 1 aromatic carbocycles. The lowest BCUT2D eigenvalue weighted by Crippen LogP contribution is -2.58. The zero-order valence-electron chi connectivity index (χ0n) is 18.6. The van der Waals surface area contributed by atoms with E-state index in [2.05, 4.69) is 10.6 Å². The number of amides is 2. The molecular formula is C25H36N2O3. The monoisotopic (exact) mass is 412 g/mol. The van der Waals surface area contributed by atoms with Crippen LogP contribution in [0, 0.1) is 29.1 Å². The molecule has 4 bridgehead atoms. The summed E-state index contributed by atoms with van der Waals surface area (Å²) in [7, 11) is 1.65. The molecule has 2 N–H and O–H groups in total. The molecule has 5 nitrogen and oxygen atoms in total. The smallest absolute Gasteiger partial charge is 0.242 e. The van der Waals surface area contributed by atoms with Crippen molar-refractivity contribution in [2.45, 2.75) is 64.8 Å². The first-order valence-corrected chi connectivity index (χ1v) is 11.6. The van der Waals surface area contributed by atoms with Crippen molar-refractivity contribution < 1.29 is 14.3 Å². The van der Waals surface area contributed by atoms with E-state index in [0.29, 0.717) is 6.54 Å². The van der Waals surface area contributed by atoms with E-state index in [4.69, 9.17) is 4.74 Å². The predicted molar refractivity (Wildman–Crippen MR) is 117 cm³/mol. The Labute approximate surface area is 180 Å². The van der Waals surface area contributed by atoms with Crippen LogP contribution in [0.1, 0.15) is 57.9 Å². The molecule has 1 atom stereocenters. The summed E-state index contributed by atoms with van der Waals surface area (Å²) in [4.78, 5) is 26.3. The van der Waals surface area contributed by atoms with Gasteiger partial charge in [-0.3, -0.25) is 9.59 Å². The molecule has 1 unspecified atom stereocenters. The van der Waals surface area contributed by atoms with Crippen LogP contribution in [-0.2, 0) is 16.0 Å². The number of methoxy groups -OCH3 is 1. The molecule has 4 aliphatic rings. The molecule has 2 amide bonds. The van der Waals surface area contributed by atoms with Crippen LogP contribution in [0.3, 0.4) is 0 Å². The first-order valence-electron chi connectivity index (χ1n) is 11.6. The highest BCUT2D eigenvalue weighted by Gasteiger charge is 2.55. The first kappa shape index (κ1) is 21.2. The van der Waals surface area contributed by atoms with Crippen LogP contribution >= 0.6 is 0 Å². The maximum absolute atomic E-state index is 13.4. The van der Waals surface area contributed by atoms with Gasteiger partial charge in [0, 0.05) is 12.0 Å². The summed E-state index contributed by atoms with van der Waals surface area (Å²) in [5.74, 6) is 3.11. The molecule has 5 rings (SSSR count). The van der Waals surface area contributed by atoms with Gasteiger partial charge in [-0.2, -0.15) is 0 Å². The fourth-order valence-electron chi connectivity index (χ4n) is 6.45. The maximum atomic E-state index is 13.4. The largest absolute Gasteiger partial charge is 0.497 e. The van der Waals surface area contributed by atoms with E-state index in [-0.39, 0.29) is 23.1 Å². The molecule has 164 valence electrons. The molecule has 5 heteroatoms. The number of carbonyl (C=O) groups is 2. The number of benzene rings is 1. The summed E-state index contributed by atoms with van der Waals surface area (Å²) >= 11 is 0. The minimum absolute atomic E-state index is 0.0591. The second-order valence-corrected chi connectivity index (χ2v) is 10.3. The normalized spacial score (nSPS) is 30.2. The Bertz CT molecular complexity index is 736. The van der Waals surface area contributed by atoms with Crippen LogP contribution in [0.5, 0.6) is 5.75 Å². The molecule has 0 aliphatic heterocycles. The fourth-order valence-corrected chi connectivity index (χ4v) is 6.45. The van der Waals surface area contributed by atoms with Crippen LogP contribution in [0.15, 0.2) is 24.3 Å². The van der Waals surface area contributed by atoms with E-state index in [0.717, 1.165) is 54.7 Å². The molecule has 0 radical (unpaired) electrons. The van der Waals surface area contributed by atoms with Gasteiger partial charge in [-0.15, -0.1) is 0 Å². The van der Waals surface area contributed by atoms with E-state index in [1.165, 1.54) is 19.3 Å². The fraction of sp³-hybridized carbons (Fsp3) is 0.680. The third kappa shape index (κ3) is 4.35. The van der Waals surface area contributed by atoms with Gasteiger partial charge in [-0.1, -0.05) is 26.0 Å². The van der Waals surface area contributed by atoms with Gasteiger partial charge in [-0.25, -0.2) is 0 Å². The molecule has 4 fully saturated rings. The zero-order valence-corrected chi connectivity index (χ0v) is 18.6. The van der Waals surface area contributed by atoms with Gasteiger partial charge >= 0.3 is 0 Å². The van der Waals surface area contributed by atoms with Crippen molar-refractivity contribution in [2.75, 3.05) is 13.7 Å². The number of rotatable bonds is 8. The molecule has 0 heterocycles. The quantitative estimate of drug-likeness (QED) is 0.684. The molecular weight excluding hydrogens is 376 g/mol. The highest BCUT2D eigenvalue weighted by molar-refractivity contribution is 5.90. The molecule has 1 aromatic rings. The van der Waals surface area contributed by atoms with Crippen molar-refractivity contribution in [3.05, 3.63) is 29.8 Å². The van der Waals surface area contributed by atoms with Gasteiger partial charge in [0.05, 0.1) is 7.11 Å². The summed E-state index contributed by atoms with van der Waals surface area (Å²) in [6, 6.07) is 7.42. The average Bonchev–Trinajstić information content (AvgIpc) is 2.71. The summed E-state index contributed by atoms with van der Waals surface area (Å²) in [6.45, 7) is 4.57. The number of carbonyl (C=O) groups excluding carboxylic acids is 2. The summed E-state index contributed by atoms with van der Waals surface area (Å²) < 4.78 is 5.18. The third-order valence-corrected chi connectivity index (χ3v) is 7.63. The van der Waals surface area contributed by atoms with Gasteiger partial charge in [0.1, 0.15) is 11.8 Å². The zero-order chi connectivity index (χ0) is 21.3. The van der Waals surface area contributed by atoms with E-state index < -0.39 is 6.04 Å². The van der Waals surface area contributed by atoms with Crippen molar-refractivity contribution in [2.24, 2.45) is 29.1 Å². The Hall–Kier alpha value is -2.04. The lowest BCUT2D eigenvalue weighted by atomic mass is 9.49. The minimum Gasteiger partial charge on any atom is -0.497 e. The minimum atomic E-state index is -0.471. The number of hydrogen-bond acceptors (Lipinski definition) is 3. The Morgan fingerprint density at radius 3 is 2.10 bits per heavy atom. The van der Waals surface area contributed by atoms with E-state index >= 15 is 0 Å². The lowest BCUT2D eigenvalue weighted by molar-refractivity contribution is -0.149. The van der Waals surface area contributed by atoms with Gasteiger partial charge < -0.3 is 15.4 Å². The molecule has 4 aliphatic carbocycles. The van der Waals surface area contributed by atoms with E-state index in [9.17, 15) is 9.59 Å². The standard InChI is InChI=1S/C25H36N2O3/c1-16(2)22(23(28)26-9-8-17-4-6-21(30-3)7-5-17)27-24(29)25-13-18-10-19(14-25)12-20(11-18)15-25/h4-7,16,18-20,22H,8-15H2,1-3H3,(H,26,28)(H,27,29). The average molecular weight is 413 g/mol. The van der Waals surface area contributed by atoms with Crippen molar-refractivity contribution in [3.63, 3.8) is 0 Å². The van der Waals surface area contributed by atoms with E-state index in [1.54, 1.807) is 7.11 Å². The number of hydrogen-bond donors (Lipinski definition) is 2. The maximum Gasteiger partial charge on any atom is 0.242 e. The molecule has 0 aromatic heterocycles. The van der Waals surface area contributed by atoms with Crippen LogP contribution in [0.2, 0.25) is 0 Å². The molecule has 0 saturated heterocycles. The summed E-state index contributed by atoms with van der Waals surface area (Å²) in [6.07, 6.45) is 7.76. The highest BCUT2D eigenvalue weighted by Crippen LogP contribution is 2.60. The Kier molecular flexibility index (Phi) is 6.08. The highest BCUT2D eigenvalue weighted by atomic mass is 16.5. The second kappa shape index (κ2) is 8.60. The molecule has 0 spiro atoms. The number of nitrogens with one attached hydrogen (secondary N) is 2. The number of ether oxygens (including phenoxy) is 1. The first-order chi connectivity index (χ1) is 14.4. The SMILES string of the molecule is COc1ccc(CCNC(=O)C(NC(=O)C23CC4CC(CC(C4)C2)C3)C(C)C)cc1. The third-order valence-electron chi connectivity index (χ3n) is 7.63. The van der Waals surface area contributed by atoms with Crippen LogP contribution in [0.4, 0.5) is 0 Å². The lowest BCUT2D eigenvalue weighted by Gasteiger charge is -2.55. The van der Waals surface area contributed by atoms with Crippen molar-refractivity contribution in [1.82, 2.24) is 10.6 Å². The Morgan fingerprint density at radius 2 is 1.60 bits per heavy atom. The van der Waals surface area contributed by atoms with Gasteiger partial charge in [0.15, 0.2) is 0 Å². The second-order valence-electron chi connectivity index (χ2n) is 10.3. The van der Waals surface area contributed by atoms with Crippen LogP contribution in [-0.4, -0.2) is 31.5 Å². The van der Waals surface area contributed by atoms with Crippen LogP contribution in [0.25, 0.3) is 0 Å². The Balaban J connectivity index is 1.33. The van der Waals surface area contributed by atoms with Gasteiger partial charge in [0.2, 0.25) is 11.8 Å². The summed E-state index contributed by atoms with van der Waals surface area (Å²) in [5.41, 5.74) is 0.931. The van der Waals surface area contributed by atoms with Crippen LogP contribution < -0.4 is 15.4 Å². The summed E-state index contributed by atoms with van der Waals surface area (Å²) in [5, 5.41) is 6.20. The predicted octanol–water partition coefficient (Wildman–Crippen LogP) is 3.71. The topological polar surface area (TPSA) is 67.4 Å². The molecule has 30 heavy (non-hydrogen) atoms.